The molecule has 0 saturated carbocycles. The third-order valence-electron chi connectivity index (χ3n) is 2.56. The van der Waals surface area contributed by atoms with Gasteiger partial charge in [0.1, 0.15) is 12.4 Å². The molecule has 0 spiro atoms. The third kappa shape index (κ3) is 3.18. The van der Waals surface area contributed by atoms with Crippen molar-refractivity contribution in [1.82, 2.24) is 0 Å². The summed E-state index contributed by atoms with van der Waals surface area (Å²) < 4.78 is 6.71. The summed E-state index contributed by atoms with van der Waals surface area (Å²) in [5, 5.41) is 0.720. The first-order valence-corrected chi connectivity index (χ1v) is 6.66. The van der Waals surface area contributed by atoms with Crippen molar-refractivity contribution in [3.05, 3.63) is 57.0 Å². The Kier molecular flexibility index (Phi) is 4.15. The number of halogens is 2. The van der Waals surface area contributed by atoms with Crippen molar-refractivity contribution in [3.8, 4) is 5.75 Å². The Morgan fingerprint density at radius 3 is 2.50 bits per heavy atom. The molecule has 2 aromatic rings. The monoisotopic (exact) mass is 325 g/mol. The van der Waals surface area contributed by atoms with Gasteiger partial charge in [0, 0.05) is 9.50 Å². The Labute approximate surface area is 120 Å². The first kappa shape index (κ1) is 13.2. The average Bonchev–Trinajstić information content (AvgIpc) is 2.30. The Hall–Kier alpha value is -1.19. The minimum atomic E-state index is 0.476. The highest BCUT2D eigenvalue weighted by Crippen LogP contribution is 2.30. The molecule has 0 unspecified atom stereocenters. The van der Waals surface area contributed by atoms with E-state index in [4.69, 9.17) is 22.1 Å². The van der Waals surface area contributed by atoms with E-state index in [1.54, 1.807) is 0 Å². The molecule has 0 saturated heterocycles. The fraction of sp³-hybridized carbons (Fsp3) is 0.143. The molecule has 18 heavy (non-hydrogen) atoms. The Morgan fingerprint density at radius 2 is 1.89 bits per heavy atom. The van der Waals surface area contributed by atoms with Crippen LogP contribution >= 0.6 is 27.5 Å². The van der Waals surface area contributed by atoms with Gasteiger partial charge in [0.2, 0.25) is 0 Å². The largest absolute Gasteiger partial charge is 0.486 e. The van der Waals surface area contributed by atoms with Gasteiger partial charge in [-0.1, -0.05) is 39.7 Å². The van der Waals surface area contributed by atoms with Gasteiger partial charge < -0.3 is 10.5 Å². The van der Waals surface area contributed by atoms with Gasteiger partial charge in [-0.05, 0) is 42.3 Å². The number of ether oxygens (including phenoxy) is 1. The molecule has 2 aromatic carbocycles. The van der Waals surface area contributed by atoms with E-state index in [1.165, 1.54) is 0 Å². The van der Waals surface area contributed by atoms with Gasteiger partial charge in [0.15, 0.2) is 0 Å². The van der Waals surface area contributed by atoms with Crippen molar-refractivity contribution in [2.45, 2.75) is 13.5 Å². The summed E-state index contributed by atoms with van der Waals surface area (Å²) in [6, 6.07) is 11.4. The van der Waals surface area contributed by atoms with Crippen LogP contribution in [0.25, 0.3) is 0 Å². The molecule has 94 valence electrons. The lowest BCUT2D eigenvalue weighted by molar-refractivity contribution is 0.306. The van der Waals surface area contributed by atoms with Crippen LogP contribution in [-0.4, -0.2) is 0 Å². The minimum Gasteiger partial charge on any atom is -0.486 e. The quantitative estimate of drug-likeness (QED) is 0.838. The van der Waals surface area contributed by atoms with Gasteiger partial charge in [0.05, 0.1) is 5.69 Å². The summed E-state index contributed by atoms with van der Waals surface area (Å²) >= 11 is 9.23. The Balaban J connectivity index is 2.13. The van der Waals surface area contributed by atoms with E-state index >= 15 is 0 Å². The molecule has 0 aliphatic rings. The molecule has 0 radical (unpaired) electrons. The molecule has 2 nitrogen and oxygen atoms in total. The fourth-order valence-corrected chi connectivity index (χ4v) is 2.41. The molecule has 0 aliphatic heterocycles. The van der Waals surface area contributed by atoms with Crippen molar-refractivity contribution >= 4 is 33.2 Å². The summed E-state index contributed by atoms with van der Waals surface area (Å²) in [4.78, 5) is 0. The second-order valence-corrected chi connectivity index (χ2v) is 5.41. The number of nitrogen functional groups attached to an aromatic ring is 1. The number of benzene rings is 2. The molecule has 0 aliphatic carbocycles. The molecule has 2 N–H and O–H groups in total. The smallest absolute Gasteiger partial charge is 0.145 e. The fourth-order valence-electron chi connectivity index (χ4n) is 1.69. The lowest BCUT2D eigenvalue weighted by Gasteiger charge is -2.12. The highest BCUT2D eigenvalue weighted by Gasteiger charge is 2.06. The van der Waals surface area contributed by atoms with Crippen LogP contribution in [0.4, 0.5) is 5.69 Å². The number of rotatable bonds is 3. The molecular weight excluding hydrogens is 314 g/mol. The zero-order valence-corrected chi connectivity index (χ0v) is 12.3. The molecule has 4 heteroatoms. The predicted octanol–water partition coefficient (Wildman–Crippen LogP) is 4.57. The van der Waals surface area contributed by atoms with Crippen LogP contribution in [0.1, 0.15) is 11.1 Å². The van der Waals surface area contributed by atoms with Crippen LogP contribution < -0.4 is 10.5 Å². The van der Waals surface area contributed by atoms with Gasteiger partial charge in [-0.3, -0.25) is 0 Å². The van der Waals surface area contributed by atoms with E-state index in [2.05, 4.69) is 15.9 Å². The maximum Gasteiger partial charge on any atom is 0.145 e. The zero-order valence-electron chi connectivity index (χ0n) is 9.91. The lowest BCUT2D eigenvalue weighted by Crippen LogP contribution is -2.00. The first-order valence-electron chi connectivity index (χ1n) is 5.49. The van der Waals surface area contributed by atoms with Crippen LogP contribution in [0, 0.1) is 6.92 Å². The highest BCUT2D eigenvalue weighted by molar-refractivity contribution is 9.10. The summed E-state index contributed by atoms with van der Waals surface area (Å²) in [7, 11) is 0. The molecular formula is C14H13BrClNO. The summed E-state index contributed by atoms with van der Waals surface area (Å²) in [5.74, 6) is 0.730. The topological polar surface area (TPSA) is 35.2 Å². The third-order valence-corrected chi connectivity index (χ3v) is 3.27. The van der Waals surface area contributed by atoms with Crippen LogP contribution in [0.5, 0.6) is 5.75 Å². The molecule has 0 bridgehead atoms. The zero-order chi connectivity index (χ0) is 13.1. The number of aryl methyl sites for hydroxylation is 1. The van der Waals surface area contributed by atoms with Crippen LogP contribution in [0.2, 0.25) is 5.02 Å². The maximum absolute atomic E-state index is 5.93. The van der Waals surface area contributed by atoms with Crippen LogP contribution in [0.15, 0.2) is 40.9 Å². The second-order valence-electron chi connectivity index (χ2n) is 4.06. The maximum atomic E-state index is 5.93. The summed E-state index contributed by atoms with van der Waals surface area (Å²) in [6.45, 7) is 2.45. The van der Waals surface area contributed by atoms with Crippen molar-refractivity contribution in [2.75, 3.05) is 5.73 Å². The number of anilines is 1. The van der Waals surface area contributed by atoms with Gasteiger partial charge >= 0.3 is 0 Å². The summed E-state index contributed by atoms with van der Waals surface area (Å²) in [5.41, 5.74) is 8.64. The molecule has 0 aromatic heterocycles. The molecule has 0 fully saturated rings. The van der Waals surface area contributed by atoms with Crippen molar-refractivity contribution < 1.29 is 4.74 Å². The number of hydrogen-bond acceptors (Lipinski definition) is 2. The normalized spacial score (nSPS) is 10.4. The first-order chi connectivity index (χ1) is 8.56. The Bertz CT molecular complexity index is 531. The number of hydrogen-bond donors (Lipinski definition) is 1. The average molecular weight is 327 g/mol. The highest BCUT2D eigenvalue weighted by atomic mass is 79.9. The predicted molar refractivity (Wildman–Crippen MR) is 79.1 cm³/mol. The molecule has 0 heterocycles. The van der Waals surface area contributed by atoms with E-state index in [-0.39, 0.29) is 0 Å². The van der Waals surface area contributed by atoms with Crippen molar-refractivity contribution in [3.63, 3.8) is 0 Å². The van der Waals surface area contributed by atoms with E-state index in [0.717, 1.165) is 26.4 Å². The standard InChI is InChI=1S/C14H13BrClNO/c1-9-6-11(15)7-13(17)14(9)18-8-10-2-4-12(16)5-3-10/h2-7H,8,17H2,1H3. The van der Waals surface area contributed by atoms with Gasteiger partial charge in [-0.15, -0.1) is 0 Å². The van der Waals surface area contributed by atoms with Gasteiger partial charge in [-0.2, -0.15) is 0 Å². The van der Waals surface area contributed by atoms with Crippen molar-refractivity contribution in [2.24, 2.45) is 0 Å². The van der Waals surface area contributed by atoms with Gasteiger partial charge in [0.25, 0.3) is 0 Å². The molecule has 2 rings (SSSR count). The van der Waals surface area contributed by atoms with Crippen LogP contribution in [0.3, 0.4) is 0 Å². The minimum absolute atomic E-state index is 0.476. The van der Waals surface area contributed by atoms with E-state index in [0.29, 0.717) is 12.3 Å². The van der Waals surface area contributed by atoms with E-state index in [1.807, 2.05) is 43.3 Å². The second kappa shape index (κ2) is 5.63. The van der Waals surface area contributed by atoms with Crippen molar-refractivity contribution in [1.29, 1.82) is 0 Å². The van der Waals surface area contributed by atoms with Gasteiger partial charge in [-0.25, -0.2) is 0 Å². The van der Waals surface area contributed by atoms with Crippen LogP contribution in [-0.2, 0) is 6.61 Å². The Morgan fingerprint density at radius 1 is 1.22 bits per heavy atom. The van der Waals surface area contributed by atoms with E-state index in [9.17, 15) is 0 Å². The molecule has 0 atom stereocenters. The SMILES string of the molecule is Cc1cc(Br)cc(N)c1OCc1ccc(Cl)cc1. The lowest BCUT2D eigenvalue weighted by atomic mass is 10.2. The number of nitrogens with two attached hydrogens (primary N) is 1. The van der Waals surface area contributed by atoms with E-state index < -0.39 is 0 Å². The molecule has 0 amide bonds. The summed E-state index contributed by atoms with van der Waals surface area (Å²) in [6.07, 6.45) is 0.